The number of allylic oxidation sites excluding steroid dienone is 1. The lowest BCUT2D eigenvalue weighted by atomic mass is 9.76. The van der Waals surface area contributed by atoms with E-state index in [-0.39, 0.29) is 6.54 Å². The number of aliphatic carboxylic acids is 1. The van der Waals surface area contributed by atoms with E-state index in [1.165, 1.54) is 0 Å². The number of ether oxygens (including phenoxy) is 1. The number of likely N-dealkylation sites (tertiary alicyclic amines) is 1. The van der Waals surface area contributed by atoms with Gasteiger partial charge in [-0.1, -0.05) is 18.9 Å². The molecule has 0 saturated carbocycles. The number of piperidine rings is 1. The minimum atomic E-state index is -0.830. The maximum atomic E-state index is 12.2. The number of carbonyl (C=O) groups excluding carboxylic acids is 1. The second kappa shape index (κ2) is 8.37. The summed E-state index contributed by atoms with van der Waals surface area (Å²) in [4.78, 5) is 25.7. The van der Waals surface area contributed by atoms with E-state index in [1.54, 1.807) is 4.90 Å². The molecule has 23 heavy (non-hydrogen) atoms. The molecule has 0 spiro atoms. The Morgan fingerprint density at radius 3 is 2.57 bits per heavy atom. The van der Waals surface area contributed by atoms with Crippen LogP contribution in [0.5, 0.6) is 0 Å². The van der Waals surface area contributed by atoms with E-state index in [2.05, 4.69) is 6.58 Å². The maximum absolute atomic E-state index is 12.2. The summed E-state index contributed by atoms with van der Waals surface area (Å²) in [5, 5.41) is 9.73. The average Bonchev–Trinajstić information content (AvgIpc) is 2.45. The van der Waals surface area contributed by atoms with Crippen LogP contribution in [0, 0.1) is 5.41 Å². The van der Waals surface area contributed by atoms with Gasteiger partial charge in [-0.3, -0.25) is 4.79 Å². The number of hydrogen-bond donors (Lipinski definition) is 1. The summed E-state index contributed by atoms with van der Waals surface area (Å²) < 4.78 is 5.39. The van der Waals surface area contributed by atoms with Crippen LogP contribution in [0.1, 0.15) is 65.7 Å². The second-order valence-electron chi connectivity index (χ2n) is 7.48. The molecule has 1 aliphatic heterocycles. The zero-order valence-corrected chi connectivity index (χ0v) is 14.8. The van der Waals surface area contributed by atoms with Crippen LogP contribution < -0.4 is 0 Å². The SMILES string of the molecule is C=CCCCCCC1(C(=O)O)CCCN(C(=O)OC(C)(C)C)C1. The third-order valence-electron chi connectivity index (χ3n) is 4.25. The number of amides is 1. The lowest BCUT2D eigenvalue weighted by Gasteiger charge is -2.40. The molecule has 0 radical (unpaired) electrons. The van der Waals surface area contributed by atoms with Crippen LogP contribution in [0.15, 0.2) is 12.7 Å². The van der Waals surface area contributed by atoms with E-state index < -0.39 is 23.1 Å². The topological polar surface area (TPSA) is 66.8 Å². The summed E-state index contributed by atoms with van der Waals surface area (Å²) in [5.74, 6) is -0.797. The molecule has 1 fully saturated rings. The highest BCUT2D eigenvalue weighted by molar-refractivity contribution is 5.77. The summed E-state index contributed by atoms with van der Waals surface area (Å²) in [6.45, 7) is 9.97. The van der Waals surface area contributed by atoms with Crippen LogP contribution in [-0.4, -0.2) is 40.8 Å². The lowest BCUT2D eigenvalue weighted by Crippen LogP contribution is -2.51. The van der Waals surface area contributed by atoms with Crippen molar-refractivity contribution in [3.05, 3.63) is 12.7 Å². The van der Waals surface area contributed by atoms with Crippen molar-refractivity contribution in [3.63, 3.8) is 0 Å². The van der Waals surface area contributed by atoms with Gasteiger partial charge in [0.2, 0.25) is 0 Å². The first kappa shape index (κ1) is 19.5. The molecule has 0 aromatic heterocycles. The fraction of sp³-hybridized carbons (Fsp3) is 0.778. The van der Waals surface area contributed by atoms with Gasteiger partial charge in [-0.05, 0) is 52.9 Å². The highest BCUT2D eigenvalue weighted by Crippen LogP contribution is 2.36. The zero-order valence-electron chi connectivity index (χ0n) is 14.8. The minimum absolute atomic E-state index is 0.249. The largest absolute Gasteiger partial charge is 0.481 e. The molecular formula is C18H31NO4. The number of hydrogen-bond acceptors (Lipinski definition) is 3. The van der Waals surface area contributed by atoms with Crippen molar-refractivity contribution in [1.82, 2.24) is 4.90 Å². The van der Waals surface area contributed by atoms with Gasteiger partial charge < -0.3 is 14.7 Å². The number of carbonyl (C=O) groups is 2. The minimum Gasteiger partial charge on any atom is -0.481 e. The van der Waals surface area contributed by atoms with E-state index >= 15 is 0 Å². The summed E-state index contributed by atoms with van der Waals surface area (Å²) >= 11 is 0. The number of carboxylic acids is 1. The smallest absolute Gasteiger partial charge is 0.410 e. The molecule has 1 unspecified atom stereocenters. The van der Waals surface area contributed by atoms with E-state index in [9.17, 15) is 14.7 Å². The highest BCUT2D eigenvalue weighted by Gasteiger charge is 2.43. The Morgan fingerprint density at radius 2 is 2.00 bits per heavy atom. The van der Waals surface area contributed by atoms with Gasteiger partial charge >= 0.3 is 12.1 Å². The van der Waals surface area contributed by atoms with E-state index in [0.717, 1.165) is 25.7 Å². The lowest BCUT2D eigenvalue weighted by molar-refractivity contribution is -0.153. The molecule has 5 heteroatoms. The van der Waals surface area contributed by atoms with Gasteiger partial charge in [0.1, 0.15) is 5.60 Å². The van der Waals surface area contributed by atoms with Gasteiger partial charge in [0, 0.05) is 13.1 Å². The Hall–Kier alpha value is -1.52. The summed E-state index contributed by atoms with van der Waals surface area (Å²) in [6, 6.07) is 0. The van der Waals surface area contributed by atoms with Crippen LogP contribution >= 0.6 is 0 Å². The van der Waals surface area contributed by atoms with E-state index in [0.29, 0.717) is 25.8 Å². The van der Waals surface area contributed by atoms with Crippen LogP contribution in [0.25, 0.3) is 0 Å². The first-order valence-corrected chi connectivity index (χ1v) is 8.52. The second-order valence-corrected chi connectivity index (χ2v) is 7.48. The van der Waals surface area contributed by atoms with Crippen molar-refractivity contribution < 1.29 is 19.4 Å². The Balaban J connectivity index is 2.66. The molecule has 0 bridgehead atoms. The van der Waals surface area contributed by atoms with Crippen molar-refractivity contribution in [2.45, 2.75) is 71.3 Å². The van der Waals surface area contributed by atoms with Crippen LogP contribution in [0.4, 0.5) is 4.79 Å². The monoisotopic (exact) mass is 325 g/mol. The summed E-state index contributed by atoms with van der Waals surface area (Å²) in [6.07, 6.45) is 7.28. The normalized spacial score (nSPS) is 21.8. The fourth-order valence-corrected chi connectivity index (χ4v) is 3.03. The molecular weight excluding hydrogens is 294 g/mol. The average molecular weight is 325 g/mol. The molecule has 1 N–H and O–H groups in total. The standard InChI is InChI=1S/C18H31NO4/c1-5-6-7-8-9-11-18(15(20)21)12-10-13-19(14-18)16(22)23-17(2,3)4/h5H,1,6-14H2,2-4H3,(H,20,21). The molecule has 0 aromatic rings. The van der Waals surface area contributed by atoms with Crippen molar-refractivity contribution in [3.8, 4) is 0 Å². The van der Waals surface area contributed by atoms with Gasteiger partial charge in [0.05, 0.1) is 5.41 Å². The van der Waals surface area contributed by atoms with Gasteiger partial charge in [-0.2, -0.15) is 0 Å². The molecule has 0 aliphatic carbocycles. The third kappa shape index (κ3) is 6.24. The fourth-order valence-electron chi connectivity index (χ4n) is 3.03. The van der Waals surface area contributed by atoms with Crippen molar-refractivity contribution in [2.75, 3.05) is 13.1 Å². The van der Waals surface area contributed by atoms with Crippen LogP contribution in [0.2, 0.25) is 0 Å². The molecule has 1 atom stereocenters. The predicted molar refractivity (Wildman–Crippen MR) is 90.4 cm³/mol. The van der Waals surface area contributed by atoms with Crippen molar-refractivity contribution in [2.24, 2.45) is 5.41 Å². The van der Waals surface area contributed by atoms with Gasteiger partial charge in [-0.25, -0.2) is 4.79 Å². The summed E-state index contributed by atoms with van der Waals surface area (Å²) in [7, 11) is 0. The highest BCUT2D eigenvalue weighted by atomic mass is 16.6. The molecule has 1 aliphatic rings. The molecule has 1 rings (SSSR count). The van der Waals surface area contributed by atoms with Crippen molar-refractivity contribution in [1.29, 1.82) is 0 Å². The summed E-state index contributed by atoms with van der Waals surface area (Å²) in [5.41, 5.74) is -1.39. The number of rotatable bonds is 7. The van der Waals surface area contributed by atoms with Crippen LogP contribution in [0.3, 0.4) is 0 Å². The van der Waals surface area contributed by atoms with Crippen LogP contribution in [-0.2, 0) is 9.53 Å². The molecule has 1 amide bonds. The Kier molecular flexibility index (Phi) is 7.10. The zero-order chi connectivity index (χ0) is 17.5. The quantitative estimate of drug-likeness (QED) is 0.562. The molecule has 0 aromatic carbocycles. The first-order chi connectivity index (χ1) is 10.7. The van der Waals surface area contributed by atoms with E-state index in [4.69, 9.17) is 4.74 Å². The van der Waals surface area contributed by atoms with E-state index in [1.807, 2.05) is 26.8 Å². The third-order valence-corrected chi connectivity index (χ3v) is 4.25. The Labute approximate surface area is 139 Å². The Bertz CT molecular complexity index is 427. The Morgan fingerprint density at radius 1 is 1.30 bits per heavy atom. The molecule has 1 heterocycles. The van der Waals surface area contributed by atoms with Gasteiger partial charge in [-0.15, -0.1) is 6.58 Å². The number of carboxylic acid groups (broad SMARTS) is 1. The molecule has 1 saturated heterocycles. The van der Waals surface area contributed by atoms with Gasteiger partial charge in [0.25, 0.3) is 0 Å². The number of unbranched alkanes of at least 4 members (excludes halogenated alkanes) is 3. The molecule has 132 valence electrons. The number of nitrogens with zero attached hydrogens (tertiary/aromatic N) is 1. The predicted octanol–water partition coefficient (Wildman–Crippen LogP) is 4.22. The van der Waals surface area contributed by atoms with Gasteiger partial charge in [0.15, 0.2) is 0 Å². The maximum Gasteiger partial charge on any atom is 0.410 e. The van der Waals surface area contributed by atoms with Crippen molar-refractivity contribution >= 4 is 12.1 Å². The molecule has 5 nitrogen and oxygen atoms in total. The first-order valence-electron chi connectivity index (χ1n) is 8.52.